The molecular weight excluding hydrogens is 336 g/mol. The molecule has 0 radical (unpaired) electrons. The Hall–Kier alpha value is -1.85. The molecule has 0 spiro atoms. The Kier molecular flexibility index (Phi) is 4.64. The molecule has 1 unspecified atom stereocenters. The monoisotopic (exact) mass is 360 g/mol. The van der Waals surface area contributed by atoms with E-state index in [1.807, 2.05) is 12.1 Å². The SMILES string of the molecule is Cc1cc(OCC2CO2)ccc1S(=O)(=O)c1ccc(C(C)(C)C)cc1. The maximum Gasteiger partial charge on any atom is 0.206 e. The van der Waals surface area contributed by atoms with E-state index in [4.69, 9.17) is 9.47 Å². The fraction of sp³-hybridized carbons (Fsp3) is 0.400. The third kappa shape index (κ3) is 4.05. The van der Waals surface area contributed by atoms with Crippen LogP contribution in [0.1, 0.15) is 31.9 Å². The van der Waals surface area contributed by atoms with Crippen LogP contribution in [0.25, 0.3) is 0 Å². The summed E-state index contributed by atoms with van der Waals surface area (Å²) in [7, 11) is -3.55. The highest BCUT2D eigenvalue weighted by Crippen LogP contribution is 2.29. The molecule has 1 heterocycles. The number of benzene rings is 2. The van der Waals surface area contributed by atoms with Crippen molar-refractivity contribution in [2.45, 2.75) is 49.0 Å². The second-order valence-electron chi connectivity index (χ2n) is 7.47. The van der Waals surface area contributed by atoms with Gasteiger partial charge in [-0.25, -0.2) is 8.42 Å². The summed E-state index contributed by atoms with van der Waals surface area (Å²) in [5.74, 6) is 0.662. The molecule has 134 valence electrons. The molecule has 4 nitrogen and oxygen atoms in total. The van der Waals surface area contributed by atoms with Crippen LogP contribution in [0.15, 0.2) is 52.3 Å². The van der Waals surface area contributed by atoms with Crippen molar-refractivity contribution in [2.24, 2.45) is 0 Å². The van der Waals surface area contributed by atoms with E-state index in [1.54, 1.807) is 37.3 Å². The van der Waals surface area contributed by atoms with Gasteiger partial charge in [0.05, 0.1) is 16.4 Å². The molecule has 0 bridgehead atoms. The molecule has 0 N–H and O–H groups in total. The van der Waals surface area contributed by atoms with E-state index in [-0.39, 0.29) is 11.5 Å². The van der Waals surface area contributed by atoms with Crippen LogP contribution in [0.2, 0.25) is 0 Å². The zero-order valence-electron chi connectivity index (χ0n) is 15.1. The Morgan fingerprint density at radius 2 is 1.76 bits per heavy atom. The molecule has 0 saturated carbocycles. The molecular formula is C20H24O4S. The minimum Gasteiger partial charge on any atom is -0.491 e. The number of rotatable bonds is 5. The van der Waals surface area contributed by atoms with E-state index in [2.05, 4.69) is 20.8 Å². The maximum absolute atomic E-state index is 12.9. The standard InChI is InChI=1S/C20H24O4S/c1-14-11-16(23-12-17-13-24-17)7-10-19(14)25(21,22)18-8-5-15(6-9-18)20(2,3)4/h5-11,17H,12-13H2,1-4H3. The van der Waals surface area contributed by atoms with Gasteiger partial charge < -0.3 is 9.47 Å². The van der Waals surface area contributed by atoms with Crippen molar-refractivity contribution < 1.29 is 17.9 Å². The quantitative estimate of drug-likeness (QED) is 0.759. The second-order valence-corrected chi connectivity index (χ2v) is 9.39. The number of hydrogen-bond acceptors (Lipinski definition) is 4. The Bertz CT molecular complexity index is 858. The van der Waals surface area contributed by atoms with Crippen LogP contribution in [-0.4, -0.2) is 27.7 Å². The lowest BCUT2D eigenvalue weighted by atomic mass is 9.87. The molecule has 0 amide bonds. The topological polar surface area (TPSA) is 55.9 Å². The van der Waals surface area contributed by atoms with Crippen molar-refractivity contribution >= 4 is 9.84 Å². The van der Waals surface area contributed by atoms with Crippen LogP contribution in [0.4, 0.5) is 0 Å². The molecule has 5 heteroatoms. The molecule has 1 aliphatic rings. The summed E-state index contributed by atoms with van der Waals surface area (Å²) in [6.07, 6.45) is 0.171. The lowest BCUT2D eigenvalue weighted by molar-refractivity contribution is 0.263. The number of sulfone groups is 1. The molecule has 2 aromatic carbocycles. The minimum atomic E-state index is -3.55. The Labute approximate surface area is 149 Å². The molecule has 0 aliphatic carbocycles. The molecule has 2 aromatic rings. The number of epoxide rings is 1. The van der Waals surface area contributed by atoms with Crippen LogP contribution >= 0.6 is 0 Å². The van der Waals surface area contributed by atoms with Crippen LogP contribution in [0.3, 0.4) is 0 Å². The first-order valence-electron chi connectivity index (χ1n) is 8.38. The first kappa shape index (κ1) is 18.0. The zero-order valence-corrected chi connectivity index (χ0v) is 15.9. The van der Waals surface area contributed by atoms with Gasteiger partial charge in [0.15, 0.2) is 0 Å². The fourth-order valence-electron chi connectivity index (χ4n) is 2.63. The van der Waals surface area contributed by atoms with Gasteiger partial charge in [-0.2, -0.15) is 0 Å². The predicted molar refractivity (Wildman–Crippen MR) is 97.0 cm³/mol. The molecule has 0 aromatic heterocycles. The fourth-order valence-corrected chi connectivity index (χ4v) is 4.11. The highest BCUT2D eigenvalue weighted by Gasteiger charge is 2.24. The van der Waals surface area contributed by atoms with Crippen LogP contribution in [0, 0.1) is 6.92 Å². The minimum absolute atomic E-state index is 0.0114. The van der Waals surface area contributed by atoms with Crippen molar-refractivity contribution in [1.82, 2.24) is 0 Å². The van der Waals surface area contributed by atoms with Crippen LogP contribution in [-0.2, 0) is 20.0 Å². The summed E-state index contributed by atoms with van der Waals surface area (Å²) in [6.45, 7) is 9.33. The van der Waals surface area contributed by atoms with Gasteiger partial charge in [0.25, 0.3) is 0 Å². The van der Waals surface area contributed by atoms with E-state index in [0.29, 0.717) is 27.7 Å². The van der Waals surface area contributed by atoms with E-state index in [1.165, 1.54) is 0 Å². The third-order valence-electron chi connectivity index (χ3n) is 4.30. The first-order chi connectivity index (χ1) is 11.7. The molecule has 3 rings (SSSR count). The highest BCUT2D eigenvalue weighted by atomic mass is 32.2. The predicted octanol–water partition coefficient (Wildman–Crippen LogP) is 3.90. The largest absolute Gasteiger partial charge is 0.491 e. The van der Waals surface area contributed by atoms with E-state index >= 15 is 0 Å². The summed E-state index contributed by atoms with van der Waals surface area (Å²) >= 11 is 0. The average molecular weight is 360 g/mol. The summed E-state index contributed by atoms with van der Waals surface area (Å²) in [4.78, 5) is 0.620. The Morgan fingerprint density at radius 1 is 1.12 bits per heavy atom. The van der Waals surface area contributed by atoms with E-state index in [9.17, 15) is 8.42 Å². The van der Waals surface area contributed by atoms with Crippen LogP contribution < -0.4 is 4.74 Å². The van der Waals surface area contributed by atoms with Gasteiger partial charge in [-0.3, -0.25) is 0 Å². The smallest absolute Gasteiger partial charge is 0.206 e. The number of ether oxygens (including phenoxy) is 2. The summed E-state index contributed by atoms with van der Waals surface area (Å²) in [6, 6.07) is 12.2. The van der Waals surface area contributed by atoms with Gasteiger partial charge in [0.1, 0.15) is 18.5 Å². The lowest BCUT2D eigenvalue weighted by Crippen LogP contribution is -2.11. The maximum atomic E-state index is 12.9. The Balaban J connectivity index is 1.86. The van der Waals surface area contributed by atoms with Gasteiger partial charge in [-0.05, 0) is 53.8 Å². The van der Waals surface area contributed by atoms with Crippen molar-refractivity contribution in [1.29, 1.82) is 0 Å². The summed E-state index contributed by atoms with van der Waals surface area (Å²) in [5.41, 5.74) is 1.77. The molecule has 1 saturated heterocycles. The van der Waals surface area contributed by atoms with E-state index < -0.39 is 9.84 Å². The van der Waals surface area contributed by atoms with Gasteiger partial charge in [0, 0.05) is 0 Å². The van der Waals surface area contributed by atoms with Gasteiger partial charge in [-0.15, -0.1) is 0 Å². The Morgan fingerprint density at radius 3 is 2.28 bits per heavy atom. The summed E-state index contributed by atoms with van der Waals surface area (Å²) < 4.78 is 36.6. The molecule has 1 atom stereocenters. The molecule has 1 fully saturated rings. The van der Waals surface area contributed by atoms with E-state index in [0.717, 1.165) is 12.2 Å². The third-order valence-corrected chi connectivity index (χ3v) is 6.23. The number of aryl methyl sites for hydroxylation is 1. The number of hydrogen-bond donors (Lipinski definition) is 0. The summed E-state index contributed by atoms with van der Waals surface area (Å²) in [5, 5.41) is 0. The zero-order chi connectivity index (χ0) is 18.2. The second kappa shape index (κ2) is 6.46. The van der Waals surface area contributed by atoms with Gasteiger partial charge in [-0.1, -0.05) is 32.9 Å². The lowest BCUT2D eigenvalue weighted by Gasteiger charge is -2.19. The molecule has 1 aliphatic heterocycles. The highest BCUT2D eigenvalue weighted by molar-refractivity contribution is 7.91. The van der Waals surface area contributed by atoms with Crippen molar-refractivity contribution in [3.63, 3.8) is 0 Å². The first-order valence-corrected chi connectivity index (χ1v) is 9.87. The van der Waals surface area contributed by atoms with Crippen LogP contribution in [0.5, 0.6) is 5.75 Å². The van der Waals surface area contributed by atoms with Crippen molar-refractivity contribution in [2.75, 3.05) is 13.2 Å². The normalized spacial score (nSPS) is 17.4. The average Bonchev–Trinajstić information content (AvgIpc) is 3.36. The molecule has 25 heavy (non-hydrogen) atoms. The van der Waals surface area contributed by atoms with Gasteiger partial charge >= 0.3 is 0 Å². The van der Waals surface area contributed by atoms with Crippen molar-refractivity contribution in [3.8, 4) is 5.75 Å². The van der Waals surface area contributed by atoms with Gasteiger partial charge in [0.2, 0.25) is 9.84 Å². The van der Waals surface area contributed by atoms with Crippen molar-refractivity contribution in [3.05, 3.63) is 53.6 Å².